The lowest BCUT2D eigenvalue weighted by Crippen LogP contribution is -2.40. The van der Waals surface area contributed by atoms with Gasteiger partial charge in [-0.3, -0.25) is 4.90 Å². The molecular weight excluding hydrogens is 303 g/mol. The number of morpholine rings is 1. The summed E-state index contributed by atoms with van der Waals surface area (Å²) in [6.07, 6.45) is 0.998. The average molecular weight is 328 g/mol. The Balaban J connectivity index is 1.58. The number of ether oxygens (including phenoxy) is 1. The van der Waals surface area contributed by atoms with Gasteiger partial charge in [-0.25, -0.2) is 4.39 Å². The van der Waals surface area contributed by atoms with Crippen molar-refractivity contribution in [1.82, 2.24) is 10.2 Å². The molecule has 1 N–H and O–H groups in total. The molecule has 1 atom stereocenters. The molecule has 1 heterocycles. The van der Waals surface area contributed by atoms with Crippen molar-refractivity contribution in [3.8, 4) is 0 Å². The maximum absolute atomic E-state index is 13.2. The second kappa shape index (κ2) is 8.92. The molecule has 1 fully saturated rings. The number of rotatable bonds is 7. The van der Waals surface area contributed by atoms with Crippen LogP contribution in [0.3, 0.4) is 0 Å². The number of hydrogen-bond acceptors (Lipinski definition) is 3. The van der Waals surface area contributed by atoms with E-state index in [1.807, 2.05) is 18.2 Å². The van der Waals surface area contributed by atoms with Gasteiger partial charge in [0.25, 0.3) is 0 Å². The van der Waals surface area contributed by atoms with E-state index in [1.165, 1.54) is 11.1 Å². The molecule has 4 heteroatoms. The van der Waals surface area contributed by atoms with Crippen LogP contribution in [0.25, 0.3) is 0 Å². The van der Waals surface area contributed by atoms with E-state index in [9.17, 15) is 4.39 Å². The zero-order valence-corrected chi connectivity index (χ0v) is 14.0. The van der Waals surface area contributed by atoms with Crippen LogP contribution in [0, 0.1) is 5.82 Å². The van der Waals surface area contributed by atoms with Gasteiger partial charge in [0.05, 0.1) is 13.2 Å². The fourth-order valence-corrected chi connectivity index (χ4v) is 3.20. The van der Waals surface area contributed by atoms with E-state index in [4.69, 9.17) is 4.74 Å². The number of nitrogens with one attached hydrogen (secondary N) is 1. The van der Waals surface area contributed by atoms with Gasteiger partial charge in [0.1, 0.15) is 5.82 Å². The predicted octanol–water partition coefficient (Wildman–Crippen LogP) is 3.38. The van der Waals surface area contributed by atoms with Crippen molar-refractivity contribution in [2.24, 2.45) is 0 Å². The molecule has 1 aliphatic heterocycles. The number of hydrogen-bond donors (Lipinski definition) is 1. The summed E-state index contributed by atoms with van der Waals surface area (Å²) in [4.78, 5) is 2.45. The summed E-state index contributed by atoms with van der Waals surface area (Å²) in [5.74, 6) is -0.179. The summed E-state index contributed by atoms with van der Waals surface area (Å²) in [7, 11) is 0. The lowest BCUT2D eigenvalue weighted by atomic mass is 10.0. The Kier molecular flexibility index (Phi) is 6.35. The topological polar surface area (TPSA) is 24.5 Å². The van der Waals surface area contributed by atoms with Crippen LogP contribution < -0.4 is 5.32 Å². The molecule has 2 aromatic carbocycles. The summed E-state index contributed by atoms with van der Waals surface area (Å²) in [5, 5.41) is 3.52. The van der Waals surface area contributed by atoms with Crippen molar-refractivity contribution < 1.29 is 9.13 Å². The van der Waals surface area contributed by atoms with Crippen molar-refractivity contribution in [2.75, 3.05) is 32.8 Å². The van der Waals surface area contributed by atoms with E-state index in [1.54, 1.807) is 12.1 Å². The van der Waals surface area contributed by atoms with Crippen LogP contribution in [0.2, 0.25) is 0 Å². The average Bonchev–Trinajstić information content (AvgIpc) is 2.64. The van der Waals surface area contributed by atoms with Gasteiger partial charge >= 0.3 is 0 Å². The highest BCUT2D eigenvalue weighted by Gasteiger charge is 2.22. The maximum atomic E-state index is 13.2. The third-order valence-corrected chi connectivity index (χ3v) is 4.51. The molecule has 0 amide bonds. The first kappa shape index (κ1) is 17.1. The molecule has 3 nitrogen and oxygen atoms in total. The third-order valence-electron chi connectivity index (χ3n) is 4.51. The lowest BCUT2D eigenvalue weighted by molar-refractivity contribution is 0.0143. The van der Waals surface area contributed by atoms with E-state index in [-0.39, 0.29) is 5.82 Å². The summed E-state index contributed by atoms with van der Waals surface area (Å²) in [5.41, 5.74) is 2.47. The summed E-state index contributed by atoms with van der Waals surface area (Å²) in [6.45, 7) is 5.21. The molecule has 0 radical (unpaired) electrons. The van der Waals surface area contributed by atoms with Crippen LogP contribution in [-0.4, -0.2) is 37.7 Å². The molecule has 1 saturated heterocycles. The molecule has 0 saturated carbocycles. The molecule has 1 unspecified atom stereocenters. The highest BCUT2D eigenvalue weighted by atomic mass is 19.1. The molecule has 0 spiro atoms. The Morgan fingerprint density at radius 2 is 1.71 bits per heavy atom. The SMILES string of the molecule is Fc1ccc(C(CCNCc2ccccc2)N2CCOCC2)cc1. The minimum Gasteiger partial charge on any atom is -0.379 e. The van der Waals surface area contributed by atoms with Crippen molar-refractivity contribution in [1.29, 1.82) is 0 Å². The van der Waals surface area contributed by atoms with E-state index >= 15 is 0 Å². The van der Waals surface area contributed by atoms with Gasteiger partial charge in [-0.15, -0.1) is 0 Å². The van der Waals surface area contributed by atoms with E-state index in [2.05, 4.69) is 34.5 Å². The van der Waals surface area contributed by atoms with Gasteiger partial charge in [-0.2, -0.15) is 0 Å². The fourth-order valence-electron chi connectivity index (χ4n) is 3.20. The minimum absolute atomic E-state index is 0.179. The van der Waals surface area contributed by atoms with Crippen molar-refractivity contribution in [3.63, 3.8) is 0 Å². The fraction of sp³-hybridized carbons (Fsp3) is 0.400. The Labute approximate surface area is 143 Å². The third kappa shape index (κ3) is 4.87. The van der Waals surface area contributed by atoms with Crippen LogP contribution in [0.15, 0.2) is 54.6 Å². The van der Waals surface area contributed by atoms with E-state index in [0.29, 0.717) is 6.04 Å². The molecule has 0 bridgehead atoms. The lowest BCUT2D eigenvalue weighted by Gasteiger charge is -2.35. The number of halogens is 1. The summed E-state index contributed by atoms with van der Waals surface area (Å²) < 4.78 is 18.7. The monoisotopic (exact) mass is 328 g/mol. The van der Waals surface area contributed by atoms with Gasteiger partial charge in [-0.05, 0) is 36.2 Å². The molecule has 0 aliphatic carbocycles. The van der Waals surface area contributed by atoms with Gasteiger partial charge in [0, 0.05) is 25.7 Å². The molecular formula is C20H25FN2O. The smallest absolute Gasteiger partial charge is 0.123 e. The van der Waals surface area contributed by atoms with E-state index < -0.39 is 0 Å². The van der Waals surface area contributed by atoms with Crippen molar-refractivity contribution in [3.05, 3.63) is 71.5 Å². The maximum Gasteiger partial charge on any atom is 0.123 e. The Hall–Kier alpha value is -1.75. The highest BCUT2D eigenvalue weighted by Crippen LogP contribution is 2.25. The minimum atomic E-state index is -0.179. The first-order valence-electron chi connectivity index (χ1n) is 8.65. The van der Waals surface area contributed by atoms with Gasteiger partial charge in [0.2, 0.25) is 0 Å². The zero-order chi connectivity index (χ0) is 16.6. The molecule has 2 aromatic rings. The van der Waals surface area contributed by atoms with Gasteiger partial charge in [0.15, 0.2) is 0 Å². The molecule has 24 heavy (non-hydrogen) atoms. The second-order valence-electron chi connectivity index (χ2n) is 6.17. The van der Waals surface area contributed by atoms with E-state index in [0.717, 1.165) is 45.8 Å². The van der Waals surface area contributed by atoms with Crippen LogP contribution in [0.5, 0.6) is 0 Å². The van der Waals surface area contributed by atoms with Crippen LogP contribution >= 0.6 is 0 Å². The Morgan fingerprint density at radius 3 is 2.42 bits per heavy atom. The van der Waals surface area contributed by atoms with Crippen LogP contribution in [0.1, 0.15) is 23.6 Å². The van der Waals surface area contributed by atoms with Gasteiger partial charge < -0.3 is 10.1 Å². The molecule has 3 rings (SSSR count). The quantitative estimate of drug-likeness (QED) is 0.789. The molecule has 1 aliphatic rings. The zero-order valence-electron chi connectivity index (χ0n) is 14.0. The molecule has 0 aromatic heterocycles. The van der Waals surface area contributed by atoms with Crippen molar-refractivity contribution in [2.45, 2.75) is 19.0 Å². The number of nitrogens with zero attached hydrogens (tertiary/aromatic N) is 1. The first-order chi connectivity index (χ1) is 11.8. The normalized spacial score (nSPS) is 16.9. The Morgan fingerprint density at radius 1 is 1.00 bits per heavy atom. The Bertz CT molecular complexity index is 597. The van der Waals surface area contributed by atoms with Crippen LogP contribution in [0.4, 0.5) is 4.39 Å². The molecule has 128 valence electrons. The first-order valence-corrected chi connectivity index (χ1v) is 8.65. The number of benzene rings is 2. The van der Waals surface area contributed by atoms with Gasteiger partial charge in [-0.1, -0.05) is 42.5 Å². The highest BCUT2D eigenvalue weighted by molar-refractivity contribution is 5.20. The standard InChI is InChI=1S/C20H25FN2O/c21-19-8-6-18(7-9-19)20(23-12-14-24-15-13-23)10-11-22-16-17-4-2-1-3-5-17/h1-9,20,22H,10-16H2. The largest absolute Gasteiger partial charge is 0.379 e. The second-order valence-corrected chi connectivity index (χ2v) is 6.17. The predicted molar refractivity (Wildman–Crippen MR) is 94.3 cm³/mol. The van der Waals surface area contributed by atoms with Crippen LogP contribution in [-0.2, 0) is 11.3 Å². The summed E-state index contributed by atoms with van der Waals surface area (Å²) in [6, 6.07) is 17.7. The summed E-state index contributed by atoms with van der Waals surface area (Å²) >= 11 is 0. The van der Waals surface area contributed by atoms with Crippen molar-refractivity contribution >= 4 is 0 Å².